The summed E-state index contributed by atoms with van der Waals surface area (Å²) in [4.78, 5) is 5.08. The van der Waals surface area contributed by atoms with Crippen LogP contribution in [0, 0.1) is 0 Å². The summed E-state index contributed by atoms with van der Waals surface area (Å²) in [5, 5.41) is 1.17. The van der Waals surface area contributed by atoms with Crippen molar-refractivity contribution in [3.05, 3.63) is 127 Å². The molecule has 0 aliphatic carbocycles. The van der Waals surface area contributed by atoms with Crippen LogP contribution in [0.1, 0.15) is 11.3 Å². The van der Waals surface area contributed by atoms with E-state index in [0.29, 0.717) is 0 Å². The molecule has 1 heterocycles. The van der Waals surface area contributed by atoms with Crippen LogP contribution in [0.3, 0.4) is 0 Å². The predicted molar refractivity (Wildman–Crippen MR) is 122 cm³/mol. The molecule has 0 bridgehead atoms. The maximum atomic E-state index is 5.08. The van der Waals surface area contributed by atoms with E-state index in [9.17, 15) is 0 Å². The second-order valence-corrected chi connectivity index (χ2v) is 7.25. The Morgan fingerprint density at radius 1 is 0.517 bits per heavy atom. The van der Waals surface area contributed by atoms with E-state index in [1.807, 2.05) is 0 Å². The van der Waals surface area contributed by atoms with Gasteiger partial charge in [-0.2, -0.15) is 0 Å². The van der Waals surface area contributed by atoms with Gasteiger partial charge in [-0.1, -0.05) is 103 Å². The minimum absolute atomic E-state index is 0.810. The summed E-state index contributed by atoms with van der Waals surface area (Å²) >= 11 is 0. The number of aromatic nitrogens is 1. The quantitative estimate of drug-likeness (QED) is 0.326. The SMILES string of the molecule is c1ccc(Cc2nc3ccccc3cc2-c2ccccc2-c2ccccc2)cc1. The smallest absolute Gasteiger partial charge is 0.0705 e. The fourth-order valence-electron chi connectivity index (χ4n) is 3.90. The van der Waals surface area contributed by atoms with Gasteiger partial charge >= 0.3 is 0 Å². The molecular formula is C28H21N. The van der Waals surface area contributed by atoms with Gasteiger partial charge in [0.1, 0.15) is 0 Å². The molecule has 29 heavy (non-hydrogen) atoms. The number of rotatable bonds is 4. The van der Waals surface area contributed by atoms with Crippen LogP contribution in [-0.2, 0) is 6.42 Å². The van der Waals surface area contributed by atoms with Gasteiger partial charge in [-0.15, -0.1) is 0 Å². The lowest BCUT2D eigenvalue weighted by atomic mass is 9.91. The largest absolute Gasteiger partial charge is 0.252 e. The summed E-state index contributed by atoms with van der Waals surface area (Å²) in [5.41, 5.74) is 8.31. The van der Waals surface area contributed by atoms with Gasteiger partial charge in [-0.05, 0) is 34.4 Å². The molecule has 0 aliphatic rings. The van der Waals surface area contributed by atoms with Crippen LogP contribution >= 0.6 is 0 Å². The third kappa shape index (κ3) is 3.55. The van der Waals surface area contributed by atoms with Crippen LogP contribution in [0.15, 0.2) is 115 Å². The summed E-state index contributed by atoms with van der Waals surface area (Å²) in [6.07, 6.45) is 0.810. The van der Waals surface area contributed by atoms with Gasteiger partial charge in [0.25, 0.3) is 0 Å². The highest BCUT2D eigenvalue weighted by Crippen LogP contribution is 2.35. The van der Waals surface area contributed by atoms with Crippen LogP contribution in [0.25, 0.3) is 33.2 Å². The van der Waals surface area contributed by atoms with E-state index < -0.39 is 0 Å². The molecule has 0 aliphatic heterocycles. The highest BCUT2D eigenvalue weighted by Gasteiger charge is 2.14. The van der Waals surface area contributed by atoms with Gasteiger partial charge in [0, 0.05) is 17.4 Å². The average Bonchev–Trinajstić information content (AvgIpc) is 2.80. The Labute approximate surface area is 171 Å². The first-order valence-electron chi connectivity index (χ1n) is 9.96. The van der Waals surface area contributed by atoms with E-state index in [1.54, 1.807) is 0 Å². The Balaban J connectivity index is 1.73. The summed E-state index contributed by atoms with van der Waals surface area (Å²) in [5.74, 6) is 0. The van der Waals surface area contributed by atoms with E-state index in [-0.39, 0.29) is 0 Å². The van der Waals surface area contributed by atoms with Gasteiger partial charge in [-0.25, -0.2) is 0 Å². The van der Waals surface area contributed by atoms with E-state index in [2.05, 4.69) is 115 Å². The Morgan fingerprint density at radius 2 is 1.14 bits per heavy atom. The van der Waals surface area contributed by atoms with E-state index in [0.717, 1.165) is 17.6 Å². The first-order valence-corrected chi connectivity index (χ1v) is 9.96. The summed E-state index contributed by atoms with van der Waals surface area (Å²) in [7, 11) is 0. The Morgan fingerprint density at radius 3 is 1.93 bits per heavy atom. The van der Waals surface area contributed by atoms with Crippen molar-refractivity contribution < 1.29 is 0 Å². The number of hydrogen-bond acceptors (Lipinski definition) is 1. The molecule has 0 radical (unpaired) electrons. The topological polar surface area (TPSA) is 12.9 Å². The number of fused-ring (bicyclic) bond motifs is 1. The zero-order valence-electron chi connectivity index (χ0n) is 16.1. The standard InChI is InChI=1S/C28H21N/c1-3-11-21(12-4-1)19-28-26(20-23-15-7-10-18-27(23)29-28)25-17-9-8-16-24(25)22-13-5-2-6-14-22/h1-18,20H,19H2. The van der Waals surface area contributed by atoms with E-state index >= 15 is 0 Å². The van der Waals surface area contributed by atoms with Crippen LogP contribution in [0.2, 0.25) is 0 Å². The molecular weight excluding hydrogens is 350 g/mol. The molecule has 0 saturated carbocycles. The first kappa shape index (κ1) is 17.4. The molecule has 0 atom stereocenters. The van der Waals surface area contributed by atoms with E-state index in [1.165, 1.54) is 33.2 Å². The highest BCUT2D eigenvalue weighted by atomic mass is 14.7. The third-order valence-electron chi connectivity index (χ3n) is 5.32. The number of pyridine rings is 1. The molecule has 0 fully saturated rings. The predicted octanol–water partition coefficient (Wildman–Crippen LogP) is 7.16. The lowest BCUT2D eigenvalue weighted by Crippen LogP contribution is -1.98. The van der Waals surface area contributed by atoms with Crippen LogP contribution in [0.5, 0.6) is 0 Å². The fraction of sp³-hybridized carbons (Fsp3) is 0.0357. The number of benzene rings is 4. The molecule has 0 amide bonds. The second kappa shape index (κ2) is 7.73. The van der Waals surface area contributed by atoms with Crippen molar-refractivity contribution in [2.45, 2.75) is 6.42 Å². The fourth-order valence-corrected chi connectivity index (χ4v) is 3.90. The molecule has 138 valence electrons. The molecule has 0 unspecified atom stereocenters. The third-order valence-corrected chi connectivity index (χ3v) is 5.32. The first-order chi connectivity index (χ1) is 14.4. The van der Waals surface area contributed by atoms with Crippen LogP contribution < -0.4 is 0 Å². The van der Waals surface area contributed by atoms with Crippen LogP contribution in [-0.4, -0.2) is 4.98 Å². The maximum absolute atomic E-state index is 5.08. The normalized spacial score (nSPS) is 10.9. The molecule has 1 nitrogen and oxygen atoms in total. The minimum Gasteiger partial charge on any atom is -0.252 e. The van der Waals surface area contributed by atoms with Crippen molar-refractivity contribution in [2.75, 3.05) is 0 Å². The van der Waals surface area contributed by atoms with Gasteiger partial charge in [0.15, 0.2) is 0 Å². The zero-order valence-corrected chi connectivity index (χ0v) is 16.1. The summed E-state index contributed by atoms with van der Waals surface area (Å²) in [6, 6.07) is 40.5. The monoisotopic (exact) mass is 371 g/mol. The van der Waals surface area contributed by atoms with Gasteiger partial charge < -0.3 is 0 Å². The van der Waals surface area contributed by atoms with Crippen molar-refractivity contribution in [2.24, 2.45) is 0 Å². The summed E-state index contributed by atoms with van der Waals surface area (Å²) < 4.78 is 0. The highest BCUT2D eigenvalue weighted by molar-refractivity contribution is 5.90. The van der Waals surface area contributed by atoms with Gasteiger partial charge in [0.2, 0.25) is 0 Å². The van der Waals surface area contributed by atoms with Crippen molar-refractivity contribution in [3.8, 4) is 22.3 Å². The van der Waals surface area contributed by atoms with Crippen LogP contribution in [0.4, 0.5) is 0 Å². The average molecular weight is 371 g/mol. The molecule has 0 spiro atoms. The number of para-hydroxylation sites is 1. The molecule has 5 rings (SSSR count). The van der Waals surface area contributed by atoms with E-state index in [4.69, 9.17) is 4.98 Å². The Hall–Kier alpha value is -3.71. The zero-order chi connectivity index (χ0) is 19.5. The van der Waals surface area contributed by atoms with Crippen molar-refractivity contribution in [1.82, 2.24) is 4.98 Å². The van der Waals surface area contributed by atoms with Crippen molar-refractivity contribution in [1.29, 1.82) is 0 Å². The molecule has 1 aromatic heterocycles. The van der Waals surface area contributed by atoms with Crippen molar-refractivity contribution >= 4 is 10.9 Å². The van der Waals surface area contributed by atoms with Gasteiger partial charge in [0.05, 0.1) is 11.2 Å². The molecule has 0 N–H and O–H groups in total. The molecule has 1 heteroatoms. The van der Waals surface area contributed by atoms with Crippen molar-refractivity contribution in [3.63, 3.8) is 0 Å². The Bertz CT molecular complexity index is 1260. The Kier molecular flexibility index (Phi) is 4.63. The maximum Gasteiger partial charge on any atom is 0.0705 e. The summed E-state index contributed by atoms with van der Waals surface area (Å²) in [6.45, 7) is 0. The minimum atomic E-state index is 0.810. The number of hydrogen-bond donors (Lipinski definition) is 0. The molecule has 4 aromatic carbocycles. The lowest BCUT2D eigenvalue weighted by Gasteiger charge is -2.15. The number of nitrogens with zero attached hydrogens (tertiary/aromatic N) is 1. The molecule has 0 saturated heterocycles. The second-order valence-electron chi connectivity index (χ2n) is 7.25. The molecule has 5 aromatic rings. The lowest BCUT2D eigenvalue weighted by molar-refractivity contribution is 1.10. The van der Waals surface area contributed by atoms with Gasteiger partial charge in [-0.3, -0.25) is 4.98 Å².